The molecule has 76 valence electrons. The van der Waals surface area contributed by atoms with Gasteiger partial charge in [-0.2, -0.15) is 5.10 Å². The Morgan fingerprint density at radius 2 is 2.07 bits per heavy atom. The Morgan fingerprint density at radius 1 is 1.27 bits per heavy atom. The van der Waals surface area contributed by atoms with E-state index in [2.05, 4.69) is 5.10 Å². The highest BCUT2D eigenvalue weighted by molar-refractivity contribution is 5.51. The highest BCUT2D eigenvalue weighted by atomic mass is 16.2. The van der Waals surface area contributed by atoms with Gasteiger partial charge in [0, 0.05) is 12.4 Å². The lowest BCUT2D eigenvalue weighted by molar-refractivity contribution is 0.343. The van der Waals surface area contributed by atoms with Crippen LogP contribution in [0.2, 0.25) is 0 Å². The van der Waals surface area contributed by atoms with E-state index in [9.17, 15) is 0 Å². The second-order valence-electron chi connectivity index (χ2n) is 3.13. The van der Waals surface area contributed by atoms with Gasteiger partial charge in [0.05, 0.1) is 12.3 Å². The van der Waals surface area contributed by atoms with E-state index in [1.54, 1.807) is 17.0 Å². The van der Waals surface area contributed by atoms with Crippen molar-refractivity contribution in [2.24, 2.45) is 0 Å². The van der Waals surface area contributed by atoms with E-state index in [0.717, 1.165) is 11.3 Å². The Hall–Kier alpha value is -1.87. The minimum absolute atomic E-state index is 0.0703. The fourth-order valence-electron chi connectivity index (χ4n) is 1.35. The molecule has 0 aliphatic rings. The molecule has 3 heteroatoms. The molecule has 1 aromatic carbocycles. The van der Waals surface area contributed by atoms with E-state index in [4.69, 9.17) is 5.11 Å². The van der Waals surface area contributed by atoms with Crippen molar-refractivity contribution in [3.8, 4) is 5.69 Å². The van der Waals surface area contributed by atoms with Crippen LogP contribution in [0.25, 0.3) is 11.8 Å². The van der Waals surface area contributed by atoms with Crippen molar-refractivity contribution in [1.82, 2.24) is 9.78 Å². The molecule has 1 N–H and O–H groups in total. The van der Waals surface area contributed by atoms with Crippen molar-refractivity contribution in [3.05, 3.63) is 54.4 Å². The molecule has 0 saturated heterocycles. The van der Waals surface area contributed by atoms with Gasteiger partial charge in [-0.25, -0.2) is 4.68 Å². The molecule has 0 atom stereocenters. The van der Waals surface area contributed by atoms with Gasteiger partial charge in [0.1, 0.15) is 0 Å². The van der Waals surface area contributed by atoms with Gasteiger partial charge in [0.2, 0.25) is 0 Å². The number of aromatic nitrogens is 2. The molecule has 0 spiro atoms. The lowest BCUT2D eigenvalue weighted by atomic mass is 10.2. The van der Waals surface area contributed by atoms with Crippen molar-refractivity contribution >= 4 is 6.08 Å². The molecule has 0 radical (unpaired) electrons. The third-order valence-electron chi connectivity index (χ3n) is 2.08. The molecule has 0 bridgehead atoms. The van der Waals surface area contributed by atoms with Gasteiger partial charge in [-0.15, -0.1) is 0 Å². The minimum atomic E-state index is 0.0703. The van der Waals surface area contributed by atoms with Crippen LogP contribution in [0.5, 0.6) is 0 Å². The monoisotopic (exact) mass is 200 g/mol. The van der Waals surface area contributed by atoms with Crippen molar-refractivity contribution in [2.45, 2.75) is 0 Å². The number of aliphatic hydroxyl groups excluding tert-OH is 1. The van der Waals surface area contributed by atoms with Crippen LogP contribution in [0.4, 0.5) is 0 Å². The zero-order valence-corrected chi connectivity index (χ0v) is 8.24. The normalized spacial score (nSPS) is 11.0. The predicted octanol–water partition coefficient (Wildman–Crippen LogP) is 1.88. The SMILES string of the molecule is OC/C=C/c1ccc(-n2cccn2)cc1. The Morgan fingerprint density at radius 3 is 2.67 bits per heavy atom. The maximum absolute atomic E-state index is 8.63. The summed E-state index contributed by atoms with van der Waals surface area (Å²) < 4.78 is 1.81. The van der Waals surface area contributed by atoms with Crippen molar-refractivity contribution in [1.29, 1.82) is 0 Å². The van der Waals surface area contributed by atoms with Gasteiger partial charge in [-0.05, 0) is 23.8 Å². The van der Waals surface area contributed by atoms with Crippen LogP contribution < -0.4 is 0 Å². The van der Waals surface area contributed by atoms with Gasteiger partial charge < -0.3 is 5.11 Å². The molecule has 2 aromatic rings. The van der Waals surface area contributed by atoms with Gasteiger partial charge in [0.25, 0.3) is 0 Å². The van der Waals surface area contributed by atoms with Crippen molar-refractivity contribution in [2.75, 3.05) is 6.61 Å². The van der Waals surface area contributed by atoms with Crippen LogP contribution in [0, 0.1) is 0 Å². The maximum Gasteiger partial charge on any atom is 0.0645 e. The van der Waals surface area contributed by atoms with Crippen molar-refractivity contribution in [3.63, 3.8) is 0 Å². The highest BCUT2D eigenvalue weighted by Crippen LogP contribution is 2.09. The Bertz CT molecular complexity index is 429. The quantitative estimate of drug-likeness (QED) is 0.821. The molecule has 0 fully saturated rings. The maximum atomic E-state index is 8.63. The van der Waals surface area contributed by atoms with E-state index in [0.29, 0.717) is 0 Å². The first-order chi connectivity index (χ1) is 7.40. The van der Waals surface area contributed by atoms with Gasteiger partial charge in [-0.3, -0.25) is 0 Å². The smallest absolute Gasteiger partial charge is 0.0645 e. The van der Waals surface area contributed by atoms with Crippen molar-refractivity contribution < 1.29 is 5.11 Å². The van der Waals surface area contributed by atoms with Crippen LogP contribution in [0.1, 0.15) is 5.56 Å². The van der Waals surface area contributed by atoms with E-state index >= 15 is 0 Å². The molecule has 2 rings (SSSR count). The second kappa shape index (κ2) is 4.57. The third kappa shape index (κ3) is 2.33. The van der Waals surface area contributed by atoms with E-state index < -0.39 is 0 Å². The molecule has 0 unspecified atom stereocenters. The minimum Gasteiger partial charge on any atom is -0.392 e. The number of nitrogens with zero attached hydrogens (tertiary/aromatic N) is 2. The molecule has 0 saturated carbocycles. The molecule has 0 aliphatic heterocycles. The molecule has 15 heavy (non-hydrogen) atoms. The van der Waals surface area contributed by atoms with E-state index in [1.807, 2.05) is 42.6 Å². The van der Waals surface area contributed by atoms with Crippen LogP contribution in [-0.2, 0) is 0 Å². The summed E-state index contributed by atoms with van der Waals surface area (Å²) in [6.07, 6.45) is 7.24. The molecule has 1 heterocycles. The molecular formula is C12H12N2O. The average Bonchev–Trinajstić information content (AvgIpc) is 2.80. The van der Waals surface area contributed by atoms with Crippen LogP contribution in [0.15, 0.2) is 48.8 Å². The summed E-state index contributed by atoms with van der Waals surface area (Å²) in [5.41, 5.74) is 2.10. The largest absolute Gasteiger partial charge is 0.392 e. The first-order valence-electron chi connectivity index (χ1n) is 4.77. The predicted molar refractivity (Wildman–Crippen MR) is 59.7 cm³/mol. The fraction of sp³-hybridized carbons (Fsp3) is 0.0833. The standard InChI is InChI=1S/C12H12N2O/c15-10-1-3-11-4-6-12(7-5-11)14-9-2-8-13-14/h1-9,15H,10H2/b3-1+. The first kappa shape index (κ1) is 9.68. The number of aliphatic hydroxyl groups is 1. The summed E-state index contributed by atoms with van der Waals surface area (Å²) in [5.74, 6) is 0. The summed E-state index contributed by atoms with van der Waals surface area (Å²) in [4.78, 5) is 0. The molecule has 3 nitrogen and oxygen atoms in total. The van der Waals surface area contributed by atoms with Crippen LogP contribution >= 0.6 is 0 Å². The average molecular weight is 200 g/mol. The number of rotatable bonds is 3. The zero-order valence-electron chi connectivity index (χ0n) is 8.24. The molecular weight excluding hydrogens is 188 g/mol. The first-order valence-corrected chi connectivity index (χ1v) is 4.77. The third-order valence-corrected chi connectivity index (χ3v) is 2.08. The highest BCUT2D eigenvalue weighted by Gasteiger charge is 1.94. The molecule has 0 aliphatic carbocycles. The Balaban J connectivity index is 2.21. The second-order valence-corrected chi connectivity index (χ2v) is 3.13. The summed E-state index contributed by atoms with van der Waals surface area (Å²) >= 11 is 0. The van der Waals surface area contributed by atoms with Crippen LogP contribution in [0.3, 0.4) is 0 Å². The summed E-state index contributed by atoms with van der Waals surface area (Å²) in [5, 5.41) is 12.8. The molecule has 1 aromatic heterocycles. The molecule has 0 amide bonds. The van der Waals surface area contributed by atoms with Gasteiger partial charge >= 0.3 is 0 Å². The van der Waals surface area contributed by atoms with E-state index in [1.165, 1.54) is 0 Å². The topological polar surface area (TPSA) is 38.0 Å². The fourth-order valence-corrected chi connectivity index (χ4v) is 1.35. The Kier molecular flexibility index (Phi) is 2.95. The lowest BCUT2D eigenvalue weighted by Crippen LogP contribution is -1.93. The van der Waals surface area contributed by atoms with Gasteiger partial charge in [-0.1, -0.05) is 24.3 Å². The summed E-state index contributed by atoms with van der Waals surface area (Å²) in [6.45, 7) is 0.0703. The Labute approximate surface area is 88.3 Å². The summed E-state index contributed by atoms with van der Waals surface area (Å²) in [7, 11) is 0. The van der Waals surface area contributed by atoms with E-state index in [-0.39, 0.29) is 6.61 Å². The van der Waals surface area contributed by atoms with Crippen LogP contribution in [-0.4, -0.2) is 21.5 Å². The number of benzene rings is 1. The number of hydrogen-bond donors (Lipinski definition) is 1. The lowest BCUT2D eigenvalue weighted by Gasteiger charge is -2.01. The zero-order chi connectivity index (χ0) is 10.5. The summed E-state index contributed by atoms with van der Waals surface area (Å²) in [6, 6.07) is 9.85. The van der Waals surface area contributed by atoms with Gasteiger partial charge in [0.15, 0.2) is 0 Å². The number of hydrogen-bond acceptors (Lipinski definition) is 2.